The normalized spacial score (nSPS) is 10.5. The Labute approximate surface area is 123 Å². The van der Waals surface area contributed by atoms with Crippen molar-refractivity contribution in [2.24, 2.45) is 0 Å². The Kier molecular flexibility index (Phi) is 5.24. The Bertz CT molecular complexity index is 554. The van der Waals surface area contributed by atoms with Crippen LogP contribution in [0.25, 0.3) is 0 Å². The smallest absolute Gasteiger partial charge is 0.185 e. The van der Waals surface area contributed by atoms with Crippen molar-refractivity contribution in [1.82, 2.24) is 9.97 Å². The molecule has 4 nitrogen and oxygen atoms in total. The quantitative estimate of drug-likeness (QED) is 0.735. The number of aromatic nitrogens is 2. The summed E-state index contributed by atoms with van der Waals surface area (Å²) >= 11 is 1.48. The van der Waals surface area contributed by atoms with Crippen LogP contribution < -0.4 is 4.90 Å². The third-order valence-electron chi connectivity index (χ3n) is 3.12. The van der Waals surface area contributed by atoms with Crippen molar-refractivity contribution < 1.29 is 4.79 Å². The highest BCUT2D eigenvalue weighted by Gasteiger charge is 2.12. The first-order valence-electron chi connectivity index (χ1n) is 6.79. The van der Waals surface area contributed by atoms with Crippen molar-refractivity contribution in [3.8, 4) is 0 Å². The number of carbonyl (C=O) groups is 1. The number of thiazole rings is 1. The fraction of sp³-hybridized carbons (Fsp3) is 0.400. The first-order valence-corrected chi connectivity index (χ1v) is 7.61. The Morgan fingerprint density at radius 1 is 1.30 bits per heavy atom. The lowest BCUT2D eigenvalue weighted by molar-refractivity contribution is 0.112. The van der Waals surface area contributed by atoms with Gasteiger partial charge in [-0.3, -0.25) is 9.78 Å². The molecule has 0 aromatic carbocycles. The molecule has 106 valence electrons. The molecule has 0 saturated heterocycles. The Morgan fingerprint density at radius 3 is 2.70 bits per heavy atom. The van der Waals surface area contributed by atoms with Gasteiger partial charge in [0, 0.05) is 26.0 Å². The molecule has 0 spiro atoms. The van der Waals surface area contributed by atoms with Crippen molar-refractivity contribution in [2.75, 3.05) is 18.5 Å². The number of rotatable bonds is 7. The summed E-state index contributed by atoms with van der Waals surface area (Å²) < 4.78 is 0. The molecule has 2 aromatic rings. The van der Waals surface area contributed by atoms with Crippen LogP contribution in [0.5, 0.6) is 0 Å². The maximum atomic E-state index is 11.1. The summed E-state index contributed by atoms with van der Waals surface area (Å²) in [6, 6.07) is 4.05. The molecule has 0 N–H and O–H groups in total. The molecule has 0 unspecified atom stereocenters. The van der Waals surface area contributed by atoms with Crippen molar-refractivity contribution in [2.45, 2.75) is 26.2 Å². The summed E-state index contributed by atoms with van der Waals surface area (Å²) in [7, 11) is 2.02. The summed E-state index contributed by atoms with van der Waals surface area (Å²) in [5, 5.41) is 0.921. The van der Waals surface area contributed by atoms with Crippen LogP contribution in [0.4, 0.5) is 5.13 Å². The minimum Gasteiger partial charge on any atom is -0.351 e. The van der Waals surface area contributed by atoms with E-state index in [9.17, 15) is 4.79 Å². The largest absolute Gasteiger partial charge is 0.351 e. The average molecular weight is 289 g/mol. The van der Waals surface area contributed by atoms with Gasteiger partial charge >= 0.3 is 0 Å². The van der Waals surface area contributed by atoms with E-state index in [1.165, 1.54) is 16.9 Å². The number of likely N-dealkylation sites (N-methyl/N-ethyl adjacent to an activating group) is 1. The summed E-state index contributed by atoms with van der Waals surface area (Å²) in [4.78, 5) is 22.5. The lowest BCUT2D eigenvalue weighted by Gasteiger charge is -2.15. The molecule has 0 radical (unpaired) electrons. The summed E-state index contributed by atoms with van der Waals surface area (Å²) in [6.07, 6.45) is 7.35. The van der Waals surface area contributed by atoms with E-state index in [0.717, 1.165) is 47.8 Å². The van der Waals surface area contributed by atoms with Gasteiger partial charge in [-0.15, -0.1) is 0 Å². The van der Waals surface area contributed by atoms with E-state index < -0.39 is 0 Å². The lowest BCUT2D eigenvalue weighted by atomic mass is 10.2. The maximum Gasteiger partial charge on any atom is 0.185 e. The molecule has 0 aliphatic carbocycles. The highest BCUT2D eigenvalue weighted by molar-refractivity contribution is 7.17. The minimum absolute atomic E-state index is 0.762. The number of aldehydes is 1. The fourth-order valence-corrected chi connectivity index (χ4v) is 2.88. The van der Waals surface area contributed by atoms with E-state index >= 15 is 0 Å². The van der Waals surface area contributed by atoms with E-state index in [4.69, 9.17) is 0 Å². The molecule has 0 bridgehead atoms. The Hall–Kier alpha value is -1.75. The number of aryl methyl sites for hydroxylation is 1. The molecule has 2 aromatic heterocycles. The van der Waals surface area contributed by atoms with E-state index in [2.05, 4.69) is 21.8 Å². The number of hydrogen-bond donors (Lipinski definition) is 0. The van der Waals surface area contributed by atoms with Crippen molar-refractivity contribution in [3.63, 3.8) is 0 Å². The van der Waals surface area contributed by atoms with Crippen LogP contribution >= 0.6 is 11.3 Å². The van der Waals surface area contributed by atoms with E-state index in [-0.39, 0.29) is 0 Å². The second-order valence-corrected chi connectivity index (χ2v) is 5.71. The lowest BCUT2D eigenvalue weighted by Crippen LogP contribution is -2.20. The molecule has 0 saturated carbocycles. The van der Waals surface area contributed by atoms with Gasteiger partial charge in [-0.2, -0.15) is 0 Å². The monoisotopic (exact) mass is 289 g/mol. The van der Waals surface area contributed by atoms with Gasteiger partial charge in [-0.25, -0.2) is 4.98 Å². The summed E-state index contributed by atoms with van der Waals surface area (Å²) in [6.45, 7) is 2.97. The number of pyridine rings is 1. The first kappa shape index (κ1) is 14.7. The molecule has 0 aliphatic rings. The fourth-order valence-electron chi connectivity index (χ4n) is 1.96. The second-order valence-electron chi connectivity index (χ2n) is 4.70. The molecule has 2 rings (SSSR count). The number of carbonyl (C=O) groups excluding carboxylic acids is 1. The zero-order chi connectivity index (χ0) is 14.4. The van der Waals surface area contributed by atoms with Crippen LogP contribution in [-0.4, -0.2) is 29.8 Å². The molecule has 0 aliphatic heterocycles. The van der Waals surface area contributed by atoms with Crippen LogP contribution in [0.1, 0.15) is 34.3 Å². The zero-order valence-corrected chi connectivity index (χ0v) is 12.7. The molecule has 20 heavy (non-hydrogen) atoms. The van der Waals surface area contributed by atoms with Crippen LogP contribution in [0.15, 0.2) is 24.5 Å². The van der Waals surface area contributed by atoms with Crippen molar-refractivity contribution >= 4 is 22.8 Å². The van der Waals surface area contributed by atoms with Gasteiger partial charge in [0.05, 0.1) is 10.6 Å². The van der Waals surface area contributed by atoms with Crippen molar-refractivity contribution in [3.05, 3.63) is 40.7 Å². The third-order valence-corrected chi connectivity index (χ3v) is 4.26. The SMILES string of the molecule is CCCc1nc(N(C)CCc2ccncc2)sc1C=O. The predicted octanol–water partition coefficient (Wildman–Crippen LogP) is 2.98. The van der Waals surface area contributed by atoms with Crippen LogP contribution in [0.3, 0.4) is 0 Å². The Balaban J connectivity index is 2.01. The molecule has 5 heteroatoms. The molecular formula is C15H19N3OS. The number of nitrogens with zero attached hydrogens (tertiary/aromatic N) is 3. The van der Waals surface area contributed by atoms with Crippen LogP contribution in [-0.2, 0) is 12.8 Å². The van der Waals surface area contributed by atoms with Gasteiger partial charge in [0.1, 0.15) is 0 Å². The van der Waals surface area contributed by atoms with Gasteiger partial charge in [0.2, 0.25) is 0 Å². The third kappa shape index (κ3) is 3.63. The van der Waals surface area contributed by atoms with Crippen LogP contribution in [0, 0.1) is 0 Å². The molecule has 2 heterocycles. The van der Waals surface area contributed by atoms with Gasteiger partial charge in [0.25, 0.3) is 0 Å². The highest BCUT2D eigenvalue weighted by Crippen LogP contribution is 2.25. The van der Waals surface area contributed by atoms with Crippen molar-refractivity contribution in [1.29, 1.82) is 0 Å². The van der Waals surface area contributed by atoms with E-state index in [0.29, 0.717) is 0 Å². The standard InChI is InChI=1S/C15H19N3OS/c1-3-4-13-14(11-19)20-15(17-13)18(2)10-7-12-5-8-16-9-6-12/h5-6,8-9,11H,3-4,7,10H2,1-2H3. The maximum absolute atomic E-state index is 11.1. The molecular weight excluding hydrogens is 270 g/mol. The summed E-state index contributed by atoms with van der Waals surface area (Å²) in [5.74, 6) is 0. The molecule has 0 amide bonds. The van der Waals surface area contributed by atoms with Gasteiger partial charge in [0.15, 0.2) is 11.4 Å². The van der Waals surface area contributed by atoms with Gasteiger partial charge < -0.3 is 4.90 Å². The highest BCUT2D eigenvalue weighted by atomic mass is 32.1. The summed E-state index contributed by atoms with van der Waals surface area (Å²) in [5.41, 5.74) is 2.19. The van der Waals surface area contributed by atoms with E-state index in [1.54, 1.807) is 0 Å². The second kappa shape index (κ2) is 7.14. The van der Waals surface area contributed by atoms with Crippen LogP contribution in [0.2, 0.25) is 0 Å². The minimum atomic E-state index is 0.762. The van der Waals surface area contributed by atoms with Gasteiger partial charge in [-0.05, 0) is 30.5 Å². The number of anilines is 1. The number of hydrogen-bond acceptors (Lipinski definition) is 5. The Morgan fingerprint density at radius 2 is 2.05 bits per heavy atom. The molecule has 0 fully saturated rings. The molecule has 0 atom stereocenters. The average Bonchev–Trinajstić information content (AvgIpc) is 2.89. The topological polar surface area (TPSA) is 46.1 Å². The van der Waals surface area contributed by atoms with E-state index in [1.807, 2.05) is 31.6 Å². The van der Waals surface area contributed by atoms with Gasteiger partial charge in [-0.1, -0.05) is 24.7 Å². The zero-order valence-electron chi connectivity index (χ0n) is 11.9. The first-order chi connectivity index (χ1) is 9.74. The predicted molar refractivity (Wildman–Crippen MR) is 82.7 cm³/mol.